The second-order valence-corrected chi connectivity index (χ2v) is 7.09. The molecular formula is C20H17F2N3O2S. The van der Waals surface area contributed by atoms with Gasteiger partial charge in [-0.1, -0.05) is 24.3 Å². The molecule has 3 rings (SSSR count). The highest BCUT2D eigenvalue weighted by Gasteiger charge is 2.17. The van der Waals surface area contributed by atoms with Crippen LogP contribution >= 0.6 is 11.3 Å². The summed E-state index contributed by atoms with van der Waals surface area (Å²) in [4.78, 5) is 26.3. The second-order valence-electron chi connectivity index (χ2n) is 6.01. The van der Waals surface area contributed by atoms with Gasteiger partial charge in [0, 0.05) is 30.9 Å². The van der Waals surface area contributed by atoms with Gasteiger partial charge in [-0.2, -0.15) is 0 Å². The minimum Gasteiger partial charge on any atom is -0.337 e. The van der Waals surface area contributed by atoms with Crippen LogP contribution in [0.1, 0.15) is 15.2 Å². The normalized spacial score (nSPS) is 10.4. The van der Waals surface area contributed by atoms with Crippen LogP contribution in [0.2, 0.25) is 0 Å². The third-order valence-corrected chi connectivity index (χ3v) is 4.84. The molecule has 3 amide bonds. The number of rotatable bonds is 5. The molecule has 2 N–H and O–H groups in total. The minimum absolute atomic E-state index is 0.000101. The summed E-state index contributed by atoms with van der Waals surface area (Å²) >= 11 is 1.11. The van der Waals surface area contributed by atoms with Crippen molar-refractivity contribution in [1.82, 2.24) is 4.90 Å². The first kappa shape index (κ1) is 19.5. The van der Waals surface area contributed by atoms with E-state index < -0.39 is 17.7 Å². The predicted octanol–water partition coefficient (Wildman–Crippen LogP) is 4.94. The number of urea groups is 1. The molecule has 0 unspecified atom stereocenters. The van der Waals surface area contributed by atoms with Crippen molar-refractivity contribution in [2.75, 3.05) is 17.7 Å². The average molecular weight is 401 g/mol. The van der Waals surface area contributed by atoms with Crippen molar-refractivity contribution in [3.8, 4) is 0 Å². The molecule has 0 saturated carbocycles. The van der Waals surface area contributed by atoms with Gasteiger partial charge in [-0.3, -0.25) is 10.1 Å². The lowest BCUT2D eigenvalue weighted by molar-refractivity contribution is 0.0788. The zero-order valence-corrected chi connectivity index (χ0v) is 15.7. The summed E-state index contributed by atoms with van der Waals surface area (Å²) < 4.78 is 26.8. The van der Waals surface area contributed by atoms with Crippen LogP contribution in [-0.2, 0) is 6.54 Å². The van der Waals surface area contributed by atoms with E-state index in [2.05, 4.69) is 10.6 Å². The Morgan fingerprint density at radius 3 is 2.46 bits per heavy atom. The van der Waals surface area contributed by atoms with E-state index in [1.165, 1.54) is 18.0 Å². The maximum absolute atomic E-state index is 13.8. The van der Waals surface area contributed by atoms with Gasteiger partial charge in [0.1, 0.15) is 11.6 Å². The lowest BCUT2D eigenvalue weighted by Gasteiger charge is -2.16. The number of hydrogen-bond acceptors (Lipinski definition) is 3. The van der Waals surface area contributed by atoms with Crippen LogP contribution in [0.4, 0.5) is 24.3 Å². The summed E-state index contributed by atoms with van der Waals surface area (Å²) in [5, 5.41) is 5.85. The summed E-state index contributed by atoms with van der Waals surface area (Å²) in [6, 6.07) is 15.0. The minimum atomic E-state index is -0.703. The van der Waals surface area contributed by atoms with Crippen LogP contribution in [0.25, 0.3) is 0 Å². The van der Waals surface area contributed by atoms with Gasteiger partial charge < -0.3 is 10.2 Å². The van der Waals surface area contributed by atoms with Crippen LogP contribution in [0.5, 0.6) is 0 Å². The van der Waals surface area contributed by atoms with Crippen LogP contribution in [0.3, 0.4) is 0 Å². The fraction of sp³-hybridized carbons (Fsp3) is 0.100. The Morgan fingerprint density at radius 2 is 1.75 bits per heavy atom. The van der Waals surface area contributed by atoms with Crippen molar-refractivity contribution >= 4 is 34.0 Å². The van der Waals surface area contributed by atoms with Crippen molar-refractivity contribution in [3.05, 3.63) is 82.7 Å². The summed E-state index contributed by atoms with van der Waals surface area (Å²) in [6.45, 7) is 0.000101. The molecule has 0 aliphatic carbocycles. The Morgan fingerprint density at radius 1 is 1.00 bits per heavy atom. The highest BCUT2D eigenvalue weighted by molar-refractivity contribution is 7.18. The van der Waals surface area contributed by atoms with E-state index >= 15 is 0 Å². The highest BCUT2D eigenvalue weighted by Crippen LogP contribution is 2.24. The molecule has 0 saturated heterocycles. The topological polar surface area (TPSA) is 61.4 Å². The summed E-state index contributed by atoms with van der Waals surface area (Å²) in [5.74, 6) is -1.70. The number of nitrogens with one attached hydrogen (secondary N) is 2. The lowest BCUT2D eigenvalue weighted by atomic mass is 10.2. The Balaban J connectivity index is 1.60. The van der Waals surface area contributed by atoms with Gasteiger partial charge in [0.25, 0.3) is 5.91 Å². The zero-order chi connectivity index (χ0) is 20.1. The van der Waals surface area contributed by atoms with Crippen molar-refractivity contribution in [2.45, 2.75) is 6.54 Å². The molecule has 28 heavy (non-hydrogen) atoms. The number of thiophene rings is 1. The molecule has 0 fully saturated rings. The summed E-state index contributed by atoms with van der Waals surface area (Å²) in [6.07, 6.45) is 0. The smallest absolute Gasteiger partial charge is 0.324 e. The molecule has 0 bridgehead atoms. The number of anilines is 2. The van der Waals surface area contributed by atoms with Crippen LogP contribution in [0.15, 0.2) is 60.7 Å². The molecule has 0 atom stereocenters. The Hall–Kier alpha value is -3.26. The van der Waals surface area contributed by atoms with Gasteiger partial charge >= 0.3 is 6.03 Å². The van der Waals surface area contributed by atoms with Gasteiger partial charge in [0.2, 0.25) is 0 Å². The number of benzene rings is 2. The van der Waals surface area contributed by atoms with Crippen molar-refractivity contribution in [2.24, 2.45) is 0 Å². The summed E-state index contributed by atoms with van der Waals surface area (Å²) in [5.41, 5.74) is 0.864. The van der Waals surface area contributed by atoms with Crippen molar-refractivity contribution < 1.29 is 18.4 Å². The van der Waals surface area contributed by atoms with E-state index in [1.807, 2.05) is 6.07 Å². The van der Waals surface area contributed by atoms with Gasteiger partial charge in [-0.15, -0.1) is 11.3 Å². The fourth-order valence-electron chi connectivity index (χ4n) is 2.48. The van der Waals surface area contributed by atoms with E-state index in [0.717, 1.165) is 23.5 Å². The Bertz CT molecular complexity index is 992. The van der Waals surface area contributed by atoms with Crippen molar-refractivity contribution in [1.29, 1.82) is 0 Å². The molecule has 1 aromatic heterocycles. The van der Waals surface area contributed by atoms with E-state index in [0.29, 0.717) is 15.6 Å². The number of hydrogen-bond donors (Lipinski definition) is 2. The van der Waals surface area contributed by atoms with Gasteiger partial charge in [0.15, 0.2) is 0 Å². The largest absolute Gasteiger partial charge is 0.337 e. The van der Waals surface area contributed by atoms with Gasteiger partial charge in [0.05, 0.1) is 9.88 Å². The first-order chi connectivity index (χ1) is 13.4. The van der Waals surface area contributed by atoms with Gasteiger partial charge in [-0.05, 0) is 30.3 Å². The predicted molar refractivity (Wildman–Crippen MR) is 106 cm³/mol. The maximum atomic E-state index is 13.8. The molecule has 0 aliphatic heterocycles. The zero-order valence-electron chi connectivity index (χ0n) is 14.9. The molecule has 5 nitrogen and oxygen atoms in total. The monoisotopic (exact) mass is 401 g/mol. The van der Waals surface area contributed by atoms with E-state index in [-0.39, 0.29) is 18.0 Å². The molecule has 0 spiro atoms. The number of carbonyl (C=O) groups excluding carboxylic acids is 2. The summed E-state index contributed by atoms with van der Waals surface area (Å²) in [7, 11) is 1.53. The SMILES string of the molecule is CN(Cc1ccc(F)cc1F)C(=O)c1ccc(NC(=O)Nc2ccccc2)s1. The third kappa shape index (κ3) is 4.92. The Kier molecular flexibility index (Phi) is 6.00. The molecule has 1 heterocycles. The first-order valence-electron chi connectivity index (χ1n) is 8.34. The number of halogens is 2. The molecule has 144 valence electrons. The number of amides is 3. The van der Waals surface area contributed by atoms with E-state index in [9.17, 15) is 18.4 Å². The van der Waals surface area contributed by atoms with E-state index in [4.69, 9.17) is 0 Å². The molecular weight excluding hydrogens is 384 g/mol. The van der Waals surface area contributed by atoms with Crippen LogP contribution < -0.4 is 10.6 Å². The standard InChI is InChI=1S/C20H17F2N3O2S/c1-25(12-13-7-8-14(21)11-16(13)22)19(26)17-9-10-18(28-17)24-20(27)23-15-5-3-2-4-6-15/h2-11H,12H2,1H3,(H2,23,24,27). The third-order valence-electron chi connectivity index (χ3n) is 3.85. The highest BCUT2D eigenvalue weighted by atomic mass is 32.1. The number of carbonyl (C=O) groups is 2. The molecule has 3 aromatic rings. The molecule has 8 heteroatoms. The van der Waals surface area contributed by atoms with Gasteiger partial charge in [-0.25, -0.2) is 13.6 Å². The molecule has 0 aliphatic rings. The van der Waals surface area contributed by atoms with Crippen LogP contribution in [-0.4, -0.2) is 23.9 Å². The van der Waals surface area contributed by atoms with E-state index in [1.54, 1.807) is 36.4 Å². The van der Waals surface area contributed by atoms with Crippen molar-refractivity contribution in [3.63, 3.8) is 0 Å². The number of para-hydroxylation sites is 1. The average Bonchev–Trinajstić information content (AvgIpc) is 3.12. The first-order valence-corrected chi connectivity index (χ1v) is 9.16. The molecule has 2 aromatic carbocycles. The number of nitrogens with zero attached hydrogens (tertiary/aromatic N) is 1. The van der Waals surface area contributed by atoms with Crippen LogP contribution in [0, 0.1) is 11.6 Å². The Labute approximate surface area is 164 Å². The fourth-order valence-corrected chi connectivity index (χ4v) is 3.38. The second kappa shape index (κ2) is 8.62. The molecule has 0 radical (unpaired) electrons. The lowest BCUT2D eigenvalue weighted by Crippen LogP contribution is -2.25. The maximum Gasteiger partial charge on any atom is 0.324 e. The quantitative estimate of drug-likeness (QED) is 0.636.